The van der Waals surface area contributed by atoms with E-state index in [0.29, 0.717) is 0 Å². The molecule has 16 heteroatoms. The number of pyridine rings is 1. The van der Waals surface area contributed by atoms with Crippen LogP contribution in [0.2, 0.25) is 0 Å². The molecular formula is C40H18F12N4. The third-order valence-electron chi connectivity index (χ3n) is 9.51. The average molecular weight is 783 g/mol. The van der Waals surface area contributed by atoms with Crippen LogP contribution in [0.5, 0.6) is 0 Å². The van der Waals surface area contributed by atoms with Gasteiger partial charge in [0, 0.05) is 27.1 Å². The van der Waals surface area contributed by atoms with Gasteiger partial charge in [0.05, 0.1) is 67.8 Å². The van der Waals surface area contributed by atoms with Crippen molar-refractivity contribution in [2.45, 2.75) is 24.7 Å². The zero-order valence-electron chi connectivity index (χ0n) is 27.7. The van der Waals surface area contributed by atoms with E-state index in [4.69, 9.17) is 0 Å². The van der Waals surface area contributed by atoms with E-state index in [0.717, 1.165) is 88.1 Å². The fraction of sp³-hybridized carbons (Fsp3) is 0.100. The largest absolute Gasteiger partial charge is 0.416 e. The Labute approximate surface area is 306 Å². The minimum Gasteiger partial charge on any atom is -0.307 e. The highest BCUT2D eigenvalue weighted by Gasteiger charge is 2.35. The van der Waals surface area contributed by atoms with Crippen LogP contribution in [-0.2, 0) is 24.7 Å². The molecule has 8 rings (SSSR count). The minimum atomic E-state index is -4.87. The number of benzene rings is 5. The first kappa shape index (κ1) is 36.5. The van der Waals surface area contributed by atoms with Crippen LogP contribution in [0.1, 0.15) is 27.8 Å². The lowest BCUT2D eigenvalue weighted by atomic mass is 10.0. The Morgan fingerprint density at radius 3 is 1.14 bits per heavy atom. The van der Waals surface area contributed by atoms with Gasteiger partial charge in [0.15, 0.2) is 0 Å². The van der Waals surface area contributed by atoms with Gasteiger partial charge in [-0.3, -0.25) is 4.57 Å². The first-order valence-corrected chi connectivity index (χ1v) is 16.2. The van der Waals surface area contributed by atoms with Gasteiger partial charge in [-0.15, -0.1) is 0 Å². The average Bonchev–Trinajstić information content (AvgIpc) is 3.64. The molecule has 56 heavy (non-hydrogen) atoms. The summed E-state index contributed by atoms with van der Waals surface area (Å²) in [4.78, 5) is 4.42. The van der Waals surface area contributed by atoms with E-state index in [9.17, 15) is 57.9 Å². The normalized spacial score (nSPS) is 13.0. The Kier molecular flexibility index (Phi) is 7.98. The standard InChI is InChI=1S/C40H18F12N4/c41-37(42,43)22-5-9-26-27-10-6-23(38(44,45)46)14-32(27)55(31(26)13-22)35-19-54-36(17-30(35)21-3-1-20(18-53)2-4-21)56-33-15-24(39(47,48)49)7-11-28(33)29-12-8-25(16-34(29)56)40(50,51)52/h1-17,19H. The van der Waals surface area contributed by atoms with Crippen LogP contribution in [-0.4, -0.2) is 14.1 Å². The highest BCUT2D eigenvalue weighted by atomic mass is 19.4. The quantitative estimate of drug-likeness (QED) is 0.168. The number of aromatic nitrogens is 3. The molecule has 8 aromatic rings. The van der Waals surface area contributed by atoms with Crippen LogP contribution in [0, 0.1) is 11.3 Å². The molecule has 0 radical (unpaired) electrons. The first-order chi connectivity index (χ1) is 26.2. The van der Waals surface area contributed by atoms with Gasteiger partial charge in [0.1, 0.15) is 5.82 Å². The first-order valence-electron chi connectivity index (χ1n) is 16.2. The van der Waals surface area contributed by atoms with Crippen molar-refractivity contribution < 1.29 is 52.7 Å². The molecule has 5 aromatic carbocycles. The Morgan fingerprint density at radius 1 is 0.446 bits per heavy atom. The molecule has 0 N–H and O–H groups in total. The number of rotatable bonds is 3. The molecule has 0 spiro atoms. The second-order valence-corrected chi connectivity index (χ2v) is 12.8. The number of halogens is 12. The molecule has 0 atom stereocenters. The maximum Gasteiger partial charge on any atom is 0.416 e. The molecule has 4 nitrogen and oxygen atoms in total. The van der Waals surface area contributed by atoms with E-state index in [2.05, 4.69) is 4.98 Å². The van der Waals surface area contributed by atoms with Crippen molar-refractivity contribution in [3.63, 3.8) is 0 Å². The molecule has 3 aromatic heterocycles. The Morgan fingerprint density at radius 2 is 0.804 bits per heavy atom. The highest BCUT2D eigenvalue weighted by molar-refractivity contribution is 6.11. The molecule has 0 aliphatic heterocycles. The van der Waals surface area contributed by atoms with Gasteiger partial charge in [-0.2, -0.15) is 57.9 Å². The molecule has 0 amide bonds. The summed E-state index contributed by atoms with van der Waals surface area (Å²) in [7, 11) is 0. The van der Waals surface area contributed by atoms with Crippen LogP contribution in [0.3, 0.4) is 0 Å². The highest BCUT2D eigenvalue weighted by Crippen LogP contribution is 2.44. The second kappa shape index (κ2) is 12.3. The zero-order chi connectivity index (χ0) is 40.1. The van der Waals surface area contributed by atoms with Crippen molar-refractivity contribution in [2.24, 2.45) is 0 Å². The third-order valence-corrected chi connectivity index (χ3v) is 9.51. The van der Waals surface area contributed by atoms with E-state index in [-0.39, 0.29) is 71.8 Å². The van der Waals surface area contributed by atoms with Gasteiger partial charge < -0.3 is 4.57 Å². The number of fused-ring (bicyclic) bond motifs is 6. The number of hydrogen-bond donors (Lipinski definition) is 0. The summed E-state index contributed by atoms with van der Waals surface area (Å²) >= 11 is 0. The van der Waals surface area contributed by atoms with Crippen molar-refractivity contribution >= 4 is 43.6 Å². The molecule has 282 valence electrons. The molecule has 0 aliphatic carbocycles. The van der Waals surface area contributed by atoms with Crippen LogP contribution in [0.4, 0.5) is 52.7 Å². The molecule has 0 aliphatic rings. The van der Waals surface area contributed by atoms with Crippen LogP contribution in [0.15, 0.2) is 109 Å². The number of nitrogens with zero attached hydrogens (tertiary/aromatic N) is 4. The van der Waals surface area contributed by atoms with Crippen LogP contribution < -0.4 is 0 Å². The van der Waals surface area contributed by atoms with Gasteiger partial charge in [0.25, 0.3) is 0 Å². The lowest BCUT2D eigenvalue weighted by Gasteiger charge is -2.18. The van der Waals surface area contributed by atoms with Gasteiger partial charge >= 0.3 is 24.7 Å². The molecule has 0 fully saturated rings. The second-order valence-electron chi connectivity index (χ2n) is 12.8. The summed E-state index contributed by atoms with van der Waals surface area (Å²) in [5, 5.41) is 9.98. The number of alkyl halides is 12. The third kappa shape index (κ3) is 6.03. The monoisotopic (exact) mass is 782 g/mol. The smallest absolute Gasteiger partial charge is 0.307 e. The van der Waals surface area contributed by atoms with E-state index < -0.39 is 47.0 Å². The van der Waals surface area contributed by atoms with E-state index in [1.165, 1.54) is 30.3 Å². The summed E-state index contributed by atoms with van der Waals surface area (Å²) in [6, 6.07) is 19.3. The zero-order valence-corrected chi connectivity index (χ0v) is 27.7. The lowest BCUT2D eigenvalue weighted by molar-refractivity contribution is -0.138. The molecule has 0 bridgehead atoms. The molecule has 3 heterocycles. The fourth-order valence-corrected chi connectivity index (χ4v) is 6.94. The summed E-state index contributed by atoms with van der Waals surface area (Å²) < 4.78 is 171. The topological polar surface area (TPSA) is 46.5 Å². The van der Waals surface area contributed by atoms with Crippen LogP contribution >= 0.6 is 0 Å². The lowest BCUT2D eigenvalue weighted by Crippen LogP contribution is -2.08. The maximum absolute atomic E-state index is 14.1. The summed E-state index contributed by atoms with van der Waals surface area (Å²) in [5.41, 5.74) is -4.89. The Hall–Kier alpha value is -6.50. The van der Waals surface area contributed by atoms with Crippen molar-refractivity contribution in [2.75, 3.05) is 0 Å². The molecule has 0 saturated carbocycles. The summed E-state index contributed by atoms with van der Waals surface area (Å²) in [6.07, 6.45) is -18.4. The molecule has 0 unspecified atom stereocenters. The van der Waals surface area contributed by atoms with Crippen molar-refractivity contribution in [1.82, 2.24) is 14.1 Å². The van der Waals surface area contributed by atoms with Crippen molar-refractivity contribution in [1.29, 1.82) is 5.26 Å². The Bertz CT molecular complexity index is 2780. The maximum atomic E-state index is 14.1. The molecular weight excluding hydrogens is 764 g/mol. The number of nitriles is 1. The van der Waals surface area contributed by atoms with Crippen LogP contribution in [0.25, 0.3) is 66.2 Å². The number of hydrogen-bond acceptors (Lipinski definition) is 2. The Balaban J connectivity index is 1.51. The van der Waals surface area contributed by atoms with Crippen molar-refractivity contribution in [3.05, 3.63) is 137 Å². The van der Waals surface area contributed by atoms with Gasteiger partial charge in [-0.25, -0.2) is 4.98 Å². The summed E-state index contributed by atoms with van der Waals surface area (Å²) in [6.45, 7) is 0. The summed E-state index contributed by atoms with van der Waals surface area (Å²) in [5.74, 6) is -0.237. The van der Waals surface area contributed by atoms with E-state index in [1.54, 1.807) is 0 Å². The van der Waals surface area contributed by atoms with Gasteiger partial charge in [0.2, 0.25) is 0 Å². The predicted octanol–water partition coefficient (Wildman–Crippen LogP) is 12.9. The predicted molar refractivity (Wildman–Crippen MR) is 183 cm³/mol. The SMILES string of the molecule is N#Cc1ccc(-c2cc(-n3c4cc(C(F)(F)F)ccc4c4ccc(C(F)(F)F)cc43)ncc2-n2c3cc(C(F)(F)F)ccc3c3ccc(C(F)(F)F)cc32)cc1. The molecule has 0 saturated heterocycles. The fourth-order valence-electron chi connectivity index (χ4n) is 6.94. The van der Waals surface area contributed by atoms with Crippen molar-refractivity contribution in [3.8, 4) is 28.7 Å². The van der Waals surface area contributed by atoms with Gasteiger partial charge in [-0.05, 0) is 72.3 Å². The van der Waals surface area contributed by atoms with Gasteiger partial charge in [-0.1, -0.05) is 36.4 Å². The minimum absolute atomic E-state index is 0.0436. The van der Waals surface area contributed by atoms with E-state index in [1.807, 2.05) is 6.07 Å². The van der Waals surface area contributed by atoms with E-state index >= 15 is 0 Å².